The van der Waals surface area contributed by atoms with E-state index in [9.17, 15) is 10.2 Å². The van der Waals surface area contributed by atoms with Crippen molar-refractivity contribution in [2.45, 2.75) is 12.2 Å². The predicted octanol–water partition coefficient (Wildman–Crippen LogP) is -2.35. The molecule has 5 heterocycles. The van der Waals surface area contributed by atoms with Gasteiger partial charge in [0.25, 0.3) is 0 Å². The summed E-state index contributed by atoms with van der Waals surface area (Å²) in [5.41, 5.74) is 0. The SMILES string of the molecule is O[C@@H](CN1CCOCC1)CN1CC[N+]2(CC1)CC[N+]1(CCN(C[C@@H](O)CN3CCOCC3)CC1)CC2. The van der Waals surface area contributed by atoms with E-state index < -0.39 is 0 Å². The molecule has 36 heavy (non-hydrogen) atoms. The minimum Gasteiger partial charge on any atom is -0.390 e. The summed E-state index contributed by atoms with van der Waals surface area (Å²) in [6.45, 7) is 24.8. The van der Waals surface area contributed by atoms with Crippen molar-refractivity contribution < 1.29 is 28.7 Å². The second kappa shape index (κ2) is 12.6. The summed E-state index contributed by atoms with van der Waals surface area (Å²) < 4.78 is 13.4. The summed E-state index contributed by atoms with van der Waals surface area (Å²) in [7, 11) is 0. The molecular formula is C26H52N6O4+2. The predicted molar refractivity (Wildman–Crippen MR) is 139 cm³/mol. The van der Waals surface area contributed by atoms with Crippen LogP contribution in [0.3, 0.4) is 0 Å². The molecule has 0 aromatic heterocycles. The average molecular weight is 513 g/mol. The molecule has 0 unspecified atom stereocenters. The maximum absolute atomic E-state index is 10.6. The fourth-order valence-electron chi connectivity index (χ4n) is 7.07. The zero-order valence-electron chi connectivity index (χ0n) is 22.5. The lowest BCUT2D eigenvalue weighted by atomic mass is 10.1. The van der Waals surface area contributed by atoms with Crippen LogP contribution in [-0.4, -0.2) is 208 Å². The van der Waals surface area contributed by atoms with Crippen LogP contribution in [0.2, 0.25) is 0 Å². The molecule has 0 bridgehead atoms. The molecule has 0 radical (unpaired) electrons. The van der Waals surface area contributed by atoms with Gasteiger partial charge in [-0.3, -0.25) is 19.6 Å². The molecule has 2 N–H and O–H groups in total. The quantitative estimate of drug-likeness (QED) is 0.351. The topological polar surface area (TPSA) is 71.9 Å². The van der Waals surface area contributed by atoms with E-state index in [-0.39, 0.29) is 12.2 Å². The van der Waals surface area contributed by atoms with Crippen molar-refractivity contribution in [1.29, 1.82) is 0 Å². The number of aliphatic hydroxyl groups is 2. The van der Waals surface area contributed by atoms with Gasteiger partial charge in [0.05, 0.1) is 64.8 Å². The highest BCUT2D eigenvalue weighted by Gasteiger charge is 2.45. The van der Waals surface area contributed by atoms with E-state index in [2.05, 4.69) is 19.6 Å². The number of hydrogen-bond acceptors (Lipinski definition) is 8. The number of aliphatic hydroxyl groups excluding tert-OH is 2. The Labute approximate surface area is 218 Å². The number of rotatable bonds is 8. The summed E-state index contributed by atoms with van der Waals surface area (Å²) in [5.74, 6) is 0. The lowest BCUT2D eigenvalue weighted by Crippen LogP contribution is -2.73. The van der Waals surface area contributed by atoms with Crippen molar-refractivity contribution in [3.63, 3.8) is 0 Å². The maximum atomic E-state index is 10.6. The van der Waals surface area contributed by atoms with Crippen molar-refractivity contribution in [3.8, 4) is 0 Å². The van der Waals surface area contributed by atoms with Gasteiger partial charge < -0.3 is 28.7 Å². The third-order valence-electron chi connectivity index (χ3n) is 9.74. The standard InChI is InChI=1S/C26H52N6O4/c33-25(23-29-5-17-35-18-6-29)21-27-1-9-31(10-2-27)13-15-32(16-14-31)11-3-28(4-12-32)22-26(34)24-30-7-19-36-20-8-30/h25-26,33-34H,1-24H2/q+2/t25-,26-/m1/s1. The zero-order chi connectivity index (χ0) is 24.8. The largest absolute Gasteiger partial charge is 0.390 e. The Kier molecular flexibility index (Phi) is 9.54. The highest BCUT2D eigenvalue weighted by Crippen LogP contribution is 2.24. The van der Waals surface area contributed by atoms with Gasteiger partial charge in [0.15, 0.2) is 0 Å². The normalized spacial score (nSPS) is 30.5. The lowest BCUT2D eigenvalue weighted by Gasteiger charge is -2.54. The third-order valence-corrected chi connectivity index (χ3v) is 9.74. The van der Waals surface area contributed by atoms with E-state index in [0.29, 0.717) is 0 Å². The molecule has 2 spiro atoms. The van der Waals surface area contributed by atoms with Crippen LogP contribution < -0.4 is 0 Å². The second-order valence-electron chi connectivity index (χ2n) is 12.2. The average Bonchev–Trinajstić information content (AvgIpc) is 2.90. The van der Waals surface area contributed by atoms with E-state index in [1.807, 2.05) is 0 Å². The molecule has 0 aromatic carbocycles. The fourth-order valence-corrected chi connectivity index (χ4v) is 7.07. The molecule has 0 aliphatic carbocycles. The van der Waals surface area contributed by atoms with Gasteiger partial charge in [-0.05, 0) is 0 Å². The first kappa shape index (κ1) is 27.2. The summed E-state index contributed by atoms with van der Waals surface area (Å²) in [6, 6.07) is 0. The van der Waals surface area contributed by atoms with Crippen LogP contribution in [0.25, 0.3) is 0 Å². The highest BCUT2D eigenvalue weighted by molar-refractivity contribution is 4.76. The molecule has 0 aromatic rings. The molecule has 0 amide bonds. The summed E-state index contributed by atoms with van der Waals surface area (Å²) in [4.78, 5) is 9.66. The zero-order valence-corrected chi connectivity index (χ0v) is 22.5. The number of piperazine rings is 3. The summed E-state index contributed by atoms with van der Waals surface area (Å²) in [5, 5.41) is 21.2. The van der Waals surface area contributed by atoms with Crippen molar-refractivity contribution in [1.82, 2.24) is 19.6 Å². The first-order valence-electron chi connectivity index (χ1n) is 14.6. The number of nitrogens with zero attached hydrogens (tertiary/aromatic N) is 6. The molecule has 0 saturated carbocycles. The summed E-state index contributed by atoms with van der Waals surface area (Å²) >= 11 is 0. The number of hydrogen-bond donors (Lipinski definition) is 2. The Morgan fingerprint density at radius 2 is 0.722 bits per heavy atom. The van der Waals surface area contributed by atoms with Gasteiger partial charge in [-0.2, -0.15) is 0 Å². The Balaban J connectivity index is 0.984. The minimum atomic E-state index is -0.256. The second-order valence-corrected chi connectivity index (χ2v) is 12.2. The van der Waals surface area contributed by atoms with Crippen LogP contribution in [0, 0.1) is 0 Å². The fraction of sp³-hybridized carbons (Fsp3) is 1.00. The number of β-amino-alcohol motifs (C(OH)–C–C–N with tert-alkyl or cyclic N) is 2. The van der Waals surface area contributed by atoms with Gasteiger partial charge in [-0.25, -0.2) is 0 Å². The van der Waals surface area contributed by atoms with E-state index in [0.717, 1.165) is 105 Å². The lowest BCUT2D eigenvalue weighted by molar-refractivity contribution is -1.03. The van der Waals surface area contributed by atoms with E-state index in [4.69, 9.17) is 9.47 Å². The Morgan fingerprint density at radius 3 is 1.03 bits per heavy atom. The number of morpholine rings is 2. The Bertz CT molecular complexity index is 591. The van der Waals surface area contributed by atoms with Crippen molar-refractivity contribution in [2.24, 2.45) is 0 Å². The van der Waals surface area contributed by atoms with Crippen LogP contribution in [0.15, 0.2) is 0 Å². The maximum Gasteiger partial charge on any atom is 0.129 e. The van der Waals surface area contributed by atoms with Gasteiger partial charge in [-0.1, -0.05) is 0 Å². The van der Waals surface area contributed by atoms with Gasteiger partial charge in [0.1, 0.15) is 26.2 Å². The highest BCUT2D eigenvalue weighted by atomic mass is 16.5. The van der Waals surface area contributed by atoms with E-state index >= 15 is 0 Å². The Hall–Kier alpha value is -0.400. The molecule has 10 nitrogen and oxygen atoms in total. The first-order chi connectivity index (χ1) is 17.5. The molecular weight excluding hydrogens is 460 g/mol. The summed E-state index contributed by atoms with van der Waals surface area (Å²) in [6.07, 6.45) is -0.512. The number of quaternary nitrogens is 2. The molecule has 5 fully saturated rings. The molecule has 5 aliphatic heterocycles. The Morgan fingerprint density at radius 1 is 0.444 bits per heavy atom. The van der Waals surface area contributed by atoms with Gasteiger partial charge >= 0.3 is 0 Å². The molecule has 10 heteroatoms. The molecule has 5 aliphatic rings. The molecule has 5 rings (SSSR count). The molecule has 2 atom stereocenters. The van der Waals surface area contributed by atoms with Crippen LogP contribution in [0.1, 0.15) is 0 Å². The van der Waals surface area contributed by atoms with Crippen LogP contribution in [0.5, 0.6) is 0 Å². The van der Waals surface area contributed by atoms with E-state index in [1.165, 1.54) is 61.3 Å². The van der Waals surface area contributed by atoms with Crippen LogP contribution >= 0.6 is 0 Å². The van der Waals surface area contributed by atoms with Gasteiger partial charge in [-0.15, -0.1) is 0 Å². The van der Waals surface area contributed by atoms with Crippen molar-refractivity contribution in [2.75, 3.05) is 157 Å². The van der Waals surface area contributed by atoms with Crippen molar-refractivity contribution >= 4 is 0 Å². The number of ether oxygens (including phenoxy) is 2. The smallest absolute Gasteiger partial charge is 0.129 e. The molecule has 5 saturated heterocycles. The van der Waals surface area contributed by atoms with Crippen molar-refractivity contribution in [3.05, 3.63) is 0 Å². The van der Waals surface area contributed by atoms with Gasteiger partial charge in [0, 0.05) is 78.5 Å². The van der Waals surface area contributed by atoms with E-state index in [1.54, 1.807) is 0 Å². The third kappa shape index (κ3) is 7.37. The van der Waals surface area contributed by atoms with Gasteiger partial charge in [0.2, 0.25) is 0 Å². The minimum absolute atomic E-state index is 0.256. The van der Waals surface area contributed by atoms with Crippen LogP contribution in [0.4, 0.5) is 0 Å². The first-order valence-corrected chi connectivity index (χ1v) is 14.6. The molecule has 208 valence electrons. The monoisotopic (exact) mass is 512 g/mol. The van der Waals surface area contributed by atoms with Crippen LogP contribution in [-0.2, 0) is 9.47 Å².